The van der Waals surface area contributed by atoms with Gasteiger partial charge < -0.3 is 17.0 Å². The maximum Gasteiger partial charge on any atom is 0.172 e. The van der Waals surface area contributed by atoms with Crippen molar-refractivity contribution in [3.8, 4) is 0 Å². The molecule has 5 heteroatoms. The van der Waals surface area contributed by atoms with Crippen LogP contribution in [0.2, 0.25) is 0 Å². The van der Waals surface area contributed by atoms with E-state index in [1.54, 1.807) is 23.9 Å². The summed E-state index contributed by atoms with van der Waals surface area (Å²) in [6, 6.07) is 12.6. The Labute approximate surface area is 125 Å². The fraction of sp³-hybridized carbons (Fsp3) is 0.0714. The molecule has 0 aliphatic carbocycles. The summed E-state index contributed by atoms with van der Waals surface area (Å²) in [5.74, 6) is 0.521. The molecule has 0 amide bonds. The maximum absolute atomic E-state index is 13.1. The molecule has 0 aliphatic heterocycles. The topological polar surface area (TPSA) is 17.3 Å². The molecule has 2 aromatic heterocycles. The van der Waals surface area contributed by atoms with Gasteiger partial charge in [-0.3, -0.25) is 4.40 Å². The van der Waals surface area contributed by atoms with Crippen LogP contribution in [0.1, 0.15) is 5.56 Å². The predicted octanol–water partition coefficient (Wildman–Crippen LogP) is 0.770. The van der Waals surface area contributed by atoms with Crippen LogP contribution >= 0.6 is 11.8 Å². The number of halogens is 2. The molecule has 0 atom stereocenters. The van der Waals surface area contributed by atoms with Gasteiger partial charge in [-0.15, -0.1) is 0 Å². The number of imidazole rings is 1. The zero-order valence-electron chi connectivity index (χ0n) is 9.96. The minimum atomic E-state index is -0.193. The molecule has 1 aromatic carbocycles. The molecule has 0 fully saturated rings. The first-order chi connectivity index (χ1) is 8.83. The molecule has 0 saturated heterocycles. The third-order valence-electron chi connectivity index (χ3n) is 2.66. The van der Waals surface area contributed by atoms with E-state index in [9.17, 15) is 4.39 Å². The zero-order valence-corrected chi connectivity index (χ0v) is 12.4. The second-order valence-corrected chi connectivity index (χ2v) is 4.90. The Morgan fingerprint density at radius 1 is 1.16 bits per heavy atom. The Balaban J connectivity index is 0.00000133. The average molecular weight is 338 g/mol. The van der Waals surface area contributed by atoms with Crippen LogP contribution in [-0.4, -0.2) is 9.38 Å². The normalized spacial score (nSPS) is 10.4. The molecule has 3 rings (SSSR count). The molecular weight excluding hydrogens is 327 g/mol. The third-order valence-corrected chi connectivity index (χ3v) is 3.70. The zero-order chi connectivity index (χ0) is 12.4. The SMILES string of the molecule is Fc1cccc(CSc2ncc3ccccn23)c1.[Br-]. The molecule has 0 spiro atoms. The van der Waals surface area contributed by atoms with Crippen molar-refractivity contribution >= 4 is 17.3 Å². The Morgan fingerprint density at radius 2 is 2.05 bits per heavy atom. The van der Waals surface area contributed by atoms with Gasteiger partial charge in [-0.1, -0.05) is 30.0 Å². The summed E-state index contributed by atoms with van der Waals surface area (Å²) in [7, 11) is 0. The molecule has 19 heavy (non-hydrogen) atoms. The molecule has 98 valence electrons. The largest absolute Gasteiger partial charge is 1.00 e. The van der Waals surface area contributed by atoms with Crippen molar-refractivity contribution in [2.75, 3.05) is 0 Å². The van der Waals surface area contributed by atoms with Gasteiger partial charge in [-0.25, -0.2) is 9.37 Å². The van der Waals surface area contributed by atoms with Gasteiger partial charge in [0.1, 0.15) is 5.82 Å². The highest BCUT2D eigenvalue weighted by Gasteiger charge is 2.04. The molecule has 2 heterocycles. The maximum atomic E-state index is 13.1. The number of rotatable bonds is 3. The van der Waals surface area contributed by atoms with Gasteiger partial charge in [0.2, 0.25) is 0 Å². The fourth-order valence-electron chi connectivity index (χ4n) is 1.80. The summed E-state index contributed by atoms with van der Waals surface area (Å²) in [5, 5.41) is 0.926. The standard InChI is InChI=1S/C14H11FN2S.BrH/c15-12-5-3-4-11(8-12)10-18-14-16-9-13-6-1-2-7-17(13)14;/h1-9H,10H2;1H/p-1. The van der Waals surface area contributed by atoms with Gasteiger partial charge in [0.15, 0.2) is 5.16 Å². The van der Waals surface area contributed by atoms with Crippen molar-refractivity contribution in [2.24, 2.45) is 0 Å². The van der Waals surface area contributed by atoms with E-state index in [0.29, 0.717) is 5.75 Å². The Morgan fingerprint density at radius 3 is 2.89 bits per heavy atom. The lowest BCUT2D eigenvalue weighted by Gasteiger charge is -2.01. The second-order valence-electron chi connectivity index (χ2n) is 3.95. The van der Waals surface area contributed by atoms with Crippen molar-refractivity contribution in [3.05, 3.63) is 66.2 Å². The first-order valence-corrected chi connectivity index (χ1v) is 6.61. The Bertz CT molecular complexity index is 684. The molecule has 2 nitrogen and oxygen atoms in total. The van der Waals surface area contributed by atoms with Gasteiger partial charge in [0, 0.05) is 11.9 Å². The summed E-state index contributed by atoms with van der Waals surface area (Å²) in [5.41, 5.74) is 2.03. The molecule has 0 bridgehead atoms. The summed E-state index contributed by atoms with van der Waals surface area (Å²) in [6.45, 7) is 0. The first kappa shape index (κ1) is 14.1. The van der Waals surface area contributed by atoms with E-state index in [0.717, 1.165) is 16.2 Å². The van der Waals surface area contributed by atoms with Crippen LogP contribution < -0.4 is 17.0 Å². The lowest BCUT2D eigenvalue weighted by molar-refractivity contribution is -0.00000426. The van der Waals surface area contributed by atoms with Gasteiger partial charge in [-0.05, 0) is 29.8 Å². The van der Waals surface area contributed by atoms with E-state index in [4.69, 9.17) is 0 Å². The minimum Gasteiger partial charge on any atom is -1.00 e. The predicted molar refractivity (Wildman–Crippen MR) is 71.2 cm³/mol. The van der Waals surface area contributed by atoms with Crippen molar-refractivity contribution in [1.82, 2.24) is 9.38 Å². The second kappa shape index (κ2) is 6.21. The highest BCUT2D eigenvalue weighted by molar-refractivity contribution is 7.98. The number of benzene rings is 1. The van der Waals surface area contributed by atoms with Crippen molar-refractivity contribution in [1.29, 1.82) is 0 Å². The van der Waals surface area contributed by atoms with Crippen molar-refractivity contribution < 1.29 is 21.4 Å². The van der Waals surface area contributed by atoms with Crippen LogP contribution in [0.5, 0.6) is 0 Å². The number of pyridine rings is 1. The molecule has 0 unspecified atom stereocenters. The number of fused-ring (bicyclic) bond motifs is 1. The van der Waals surface area contributed by atoms with Crippen molar-refractivity contribution in [3.63, 3.8) is 0 Å². The average Bonchev–Trinajstić information content (AvgIpc) is 2.80. The first-order valence-electron chi connectivity index (χ1n) is 5.62. The van der Waals surface area contributed by atoms with Gasteiger partial charge in [0.05, 0.1) is 11.7 Å². The molecule has 0 radical (unpaired) electrons. The van der Waals surface area contributed by atoms with E-state index in [-0.39, 0.29) is 22.8 Å². The van der Waals surface area contributed by atoms with Crippen molar-refractivity contribution in [2.45, 2.75) is 10.9 Å². The molecule has 0 N–H and O–H groups in total. The highest BCUT2D eigenvalue weighted by Crippen LogP contribution is 2.22. The smallest absolute Gasteiger partial charge is 0.172 e. The van der Waals surface area contributed by atoms with E-state index in [1.807, 2.05) is 41.1 Å². The lowest BCUT2D eigenvalue weighted by Crippen LogP contribution is -3.00. The number of thioether (sulfide) groups is 1. The van der Waals surface area contributed by atoms with E-state index in [2.05, 4.69) is 4.98 Å². The summed E-state index contributed by atoms with van der Waals surface area (Å²) < 4.78 is 15.1. The molecule has 3 aromatic rings. The van der Waals surface area contributed by atoms with Gasteiger partial charge >= 0.3 is 0 Å². The van der Waals surface area contributed by atoms with Crippen LogP contribution in [0.3, 0.4) is 0 Å². The van der Waals surface area contributed by atoms with Gasteiger partial charge in [-0.2, -0.15) is 0 Å². The van der Waals surface area contributed by atoms with Crippen LogP contribution in [0, 0.1) is 5.82 Å². The number of hydrogen-bond acceptors (Lipinski definition) is 2. The summed E-state index contributed by atoms with van der Waals surface area (Å²) >= 11 is 1.60. The number of nitrogens with zero attached hydrogens (tertiary/aromatic N) is 2. The minimum absolute atomic E-state index is 0. The third kappa shape index (κ3) is 3.16. The number of hydrogen-bond donors (Lipinski definition) is 0. The van der Waals surface area contributed by atoms with Crippen LogP contribution in [-0.2, 0) is 5.75 Å². The van der Waals surface area contributed by atoms with E-state index < -0.39 is 0 Å². The van der Waals surface area contributed by atoms with E-state index >= 15 is 0 Å². The fourth-order valence-corrected chi connectivity index (χ4v) is 2.71. The van der Waals surface area contributed by atoms with Crippen LogP contribution in [0.15, 0.2) is 60.0 Å². The van der Waals surface area contributed by atoms with Crippen LogP contribution in [0.4, 0.5) is 4.39 Å². The Hall–Kier alpha value is -1.33. The lowest BCUT2D eigenvalue weighted by atomic mass is 10.2. The van der Waals surface area contributed by atoms with Gasteiger partial charge in [0.25, 0.3) is 0 Å². The quantitative estimate of drug-likeness (QED) is 0.657. The monoisotopic (exact) mass is 337 g/mol. The molecular formula is C14H11BrFN2S-. The summed E-state index contributed by atoms with van der Waals surface area (Å²) in [6.07, 6.45) is 3.82. The Kier molecular flexibility index (Phi) is 4.61. The van der Waals surface area contributed by atoms with Crippen LogP contribution in [0.25, 0.3) is 5.52 Å². The molecule has 0 saturated carbocycles. The summed E-state index contributed by atoms with van der Waals surface area (Å²) in [4.78, 5) is 4.36. The van der Waals surface area contributed by atoms with E-state index in [1.165, 1.54) is 6.07 Å². The highest BCUT2D eigenvalue weighted by atomic mass is 79.9. The molecule has 0 aliphatic rings. The number of aromatic nitrogens is 2.